The molecule has 0 aliphatic carbocycles. The second-order valence-corrected chi connectivity index (χ2v) is 7.39. The first-order chi connectivity index (χ1) is 13.2. The third-order valence-electron chi connectivity index (χ3n) is 3.72. The molecule has 2 aromatic heterocycles. The summed E-state index contributed by atoms with van der Waals surface area (Å²) in [5.41, 5.74) is 2.26. The van der Waals surface area contributed by atoms with Crippen LogP contribution in [0.3, 0.4) is 0 Å². The van der Waals surface area contributed by atoms with Crippen LogP contribution in [0.2, 0.25) is 0 Å². The Balaban J connectivity index is 1.83. The molecule has 0 atom stereocenters. The van der Waals surface area contributed by atoms with Crippen LogP contribution in [0, 0.1) is 11.6 Å². The predicted octanol–water partition coefficient (Wildman–Crippen LogP) is 5.67. The smallest absolute Gasteiger partial charge is 0.211 e. The molecule has 2 aromatic carbocycles. The van der Waals surface area contributed by atoms with E-state index in [0.717, 1.165) is 16.1 Å². The van der Waals surface area contributed by atoms with Crippen molar-refractivity contribution in [2.45, 2.75) is 0 Å². The lowest BCUT2D eigenvalue weighted by Gasteiger charge is -2.03. The molecule has 0 aliphatic heterocycles. The van der Waals surface area contributed by atoms with Gasteiger partial charge in [-0.3, -0.25) is 0 Å². The first kappa shape index (κ1) is 17.5. The maximum absolute atomic E-state index is 13.3. The minimum Gasteiger partial charge on any atom is -0.220 e. The Kier molecular flexibility index (Phi) is 5.04. The van der Waals surface area contributed by atoms with E-state index in [0.29, 0.717) is 10.5 Å². The molecule has 0 amide bonds. The lowest BCUT2D eigenvalue weighted by atomic mass is 10.2. The van der Waals surface area contributed by atoms with Crippen LogP contribution in [-0.2, 0) is 0 Å². The number of aromatic nitrogens is 1. The Morgan fingerprint density at radius 3 is 2.22 bits per heavy atom. The topological polar surface area (TPSA) is 29.6 Å². The molecule has 0 N–H and O–H groups in total. The van der Waals surface area contributed by atoms with Gasteiger partial charge in [0.2, 0.25) is 4.80 Å². The van der Waals surface area contributed by atoms with E-state index in [9.17, 15) is 8.78 Å². The molecule has 0 radical (unpaired) electrons. The normalized spacial score (nSPS) is 12.1. The molecule has 0 fully saturated rings. The summed E-state index contributed by atoms with van der Waals surface area (Å²) in [5.74, 6) is -0.602. The third kappa shape index (κ3) is 4.10. The number of hydrogen-bond acceptors (Lipinski definition) is 4. The van der Waals surface area contributed by atoms with Crippen LogP contribution in [0.4, 0.5) is 14.5 Å². The maximum Gasteiger partial charge on any atom is 0.211 e. The Morgan fingerprint density at radius 2 is 1.56 bits per heavy atom. The van der Waals surface area contributed by atoms with Gasteiger partial charge in [-0.1, -0.05) is 6.07 Å². The number of thiophene rings is 1. The molecular formula is C20H13F2N3S2. The van der Waals surface area contributed by atoms with Gasteiger partial charge in [0.25, 0.3) is 0 Å². The van der Waals surface area contributed by atoms with Gasteiger partial charge in [0.15, 0.2) is 0 Å². The largest absolute Gasteiger partial charge is 0.220 e. The fourth-order valence-electron chi connectivity index (χ4n) is 2.41. The van der Waals surface area contributed by atoms with E-state index in [4.69, 9.17) is 0 Å². The second-order valence-electron chi connectivity index (χ2n) is 5.57. The van der Waals surface area contributed by atoms with Crippen molar-refractivity contribution in [3.05, 3.63) is 92.7 Å². The van der Waals surface area contributed by atoms with E-state index in [1.54, 1.807) is 46.5 Å². The molecule has 4 rings (SSSR count). The zero-order valence-electron chi connectivity index (χ0n) is 13.9. The first-order valence-corrected chi connectivity index (χ1v) is 9.79. The van der Waals surface area contributed by atoms with Gasteiger partial charge in [-0.15, -0.1) is 22.7 Å². The van der Waals surface area contributed by atoms with Crippen molar-refractivity contribution in [3.63, 3.8) is 0 Å². The number of thiazole rings is 1. The molecule has 134 valence electrons. The summed E-state index contributed by atoms with van der Waals surface area (Å²) in [6.07, 6.45) is 1.76. The highest BCUT2D eigenvalue weighted by molar-refractivity contribution is 7.11. The number of benzene rings is 2. The van der Waals surface area contributed by atoms with Gasteiger partial charge in [0.05, 0.1) is 17.6 Å². The van der Waals surface area contributed by atoms with Crippen molar-refractivity contribution in [1.29, 1.82) is 0 Å². The van der Waals surface area contributed by atoms with E-state index >= 15 is 0 Å². The van der Waals surface area contributed by atoms with Crippen LogP contribution < -0.4 is 4.80 Å². The van der Waals surface area contributed by atoms with Crippen LogP contribution in [-0.4, -0.2) is 10.9 Å². The number of nitrogens with zero attached hydrogens (tertiary/aromatic N) is 3. The molecule has 27 heavy (non-hydrogen) atoms. The fraction of sp³-hybridized carbons (Fsp3) is 0. The van der Waals surface area contributed by atoms with Crippen LogP contribution in [0.1, 0.15) is 4.88 Å². The summed E-state index contributed by atoms with van der Waals surface area (Å²) in [6.45, 7) is 0. The molecule has 0 bridgehead atoms. The quantitative estimate of drug-likeness (QED) is 0.397. The molecule has 0 saturated carbocycles. The molecule has 7 heteroatoms. The highest BCUT2D eigenvalue weighted by Crippen LogP contribution is 2.21. The average Bonchev–Trinajstić information content (AvgIpc) is 3.32. The third-order valence-corrected chi connectivity index (χ3v) is 5.34. The monoisotopic (exact) mass is 397 g/mol. The van der Waals surface area contributed by atoms with Gasteiger partial charge in [-0.25, -0.2) is 18.4 Å². The van der Waals surface area contributed by atoms with Crippen molar-refractivity contribution in [2.75, 3.05) is 0 Å². The van der Waals surface area contributed by atoms with E-state index in [2.05, 4.69) is 10.1 Å². The average molecular weight is 397 g/mol. The fourth-order valence-corrected chi connectivity index (χ4v) is 3.85. The van der Waals surface area contributed by atoms with Gasteiger partial charge >= 0.3 is 0 Å². The van der Waals surface area contributed by atoms with E-state index < -0.39 is 0 Å². The van der Waals surface area contributed by atoms with Crippen molar-refractivity contribution >= 4 is 34.6 Å². The minimum absolute atomic E-state index is 0.293. The zero-order valence-corrected chi connectivity index (χ0v) is 15.6. The number of halogens is 2. The van der Waals surface area contributed by atoms with Crippen molar-refractivity contribution in [2.24, 2.45) is 10.1 Å². The first-order valence-electron chi connectivity index (χ1n) is 8.04. The van der Waals surface area contributed by atoms with Crippen molar-refractivity contribution < 1.29 is 8.78 Å². The van der Waals surface area contributed by atoms with Gasteiger partial charge in [0.1, 0.15) is 11.6 Å². The van der Waals surface area contributed by atoms with Crippen molar-refractivity contribution in [1.82, 2.24) is 4.68 Å². The summed E-state index contributed by atoms with van der Waals surface area (Å²) < 4.78 is 28.1. The zero-order chi connectivity index (χ0) is 18.6. The molecule has 3 nitrogen and oxygen atoms in total. The van der Waals surface area contributed by atoms with E-state index in [1.165, 1.54) is 35.6 Å². The molecule has 0 unspecified atom stereocenters. The maximum atomic E-state index is 13.3. The molecule has 0 spiro atoms. The number of hydrogen-bond donors (Lipinski definition) is 0. The summed E-state index contributed by atoms with van der Waals surface area (Å²) in [4.78, 5) is 6.22. The van der Waals surface area contributed by atoms with Gasteiger partial charge < -0.3 is 0 Å². The summed E-state index contributed by atoms with van der Waals surface area (Å²) in [7, 11) is 0. The molecule has 0 saturated heterocycles. The van der Waals surface area contributed by atoms with Gasteiger partial charge in [-0.2, -0.15) is 5.10 Å². The Bertz CT molecular complexity index is 1120. The van der Waals surface area contributed by atoms with Crippen LogP contribution in [0.15, 0.2) is 81.5 Å². The molecule has 0 aliphatic rings. The van der Waals surface area contributed by atoms with Crippen LogP contribution in [0.5, 0.6) is 0 Å². The Morgan fingerprint density at radius 1 is 0.852 bits per heavy atom. The van der Waals surface area contributed by atoms with Gasteiger partial charge in [0, 0.05) is 15.8 Å². The Hall–Kier alpha value is -2.90. The summed E-state index contributed by atoms with van der Waals surface area (Å²) in [6, 6.07) is 16.1. The van der Waals surface area contributed by atoms with Crippen molar-refractivity contribution in [3.8, 4) is 11.3 Å². The molecule has 4 aromatic rings. The minimum atomic E-state index is -0.310. The van der Waals surface area contributed by atoms with E-state index in [-0.39, 0.29) is 11.6 Å². The standard InChI is InChI=1S/C20H13F2N3S2/c21-15-5-3-14(4-6-15)19-13-27-20(24-17-9-7-16(22)8-10-17)25(19)23-12-18-2-1-11-26-18/h1-13H. The lowest BCUT2D eigenvalue weighted by Crippen LogP contribution is -2.11. The molecular weight excluding hydrogens is 384 g/mol. The SMILES string of the molecule is Fc1ccc(N=c2scc(-c3ccc(F)cc3)n2N=Cc2cccs2)cc1. The highest BCUT2D eigenvalue weighted by Gasteiger charge is 2.08. The highest BCUT2D eigenvalue weighted by atomic mass is 32.1. The Labute approximate surface area is 162 Å². The van der Waals surface area contributed by atoms with Crippen LogP contribution >= 0.6 is 22.7 Å². The summed E-state index contributed by atoms with van der Waals surface area (Å²) in [5, 5.41) is 8.47. The summed E-state index contributed by atoms with van der Waals surface area (Å²) >= 11 is 2.99. The van der Waals surface area contributed by atoms with Gasteiger partial charge in [-0.05, 0) is 60.0 Å². The number of rotatable bonds is 4. The van der Waals surface area contributed by atoms with E-state index in [1.807, 2.05) is 22.9 Å². The lowest BCUT2D eigenvalue weighted by molar-refractivity contribution is 0.627. The molecule has 2 heterocycles. The second kappa shape index (κ2) is 7.77. The predicted molar refractivity (Wildman–Crippen MR) is 107 cm³/mol. The van der Waals surface area contributed by atoms with Crippen LogP contribution in [0.25, 0.3) is 11.3 Å².